The first-order valence-corrected chi connectivity index (χ1v) is 6.10. The van der Waals surface area contributed by atoms with Crippen molar-refractivity contribution in [3.8, 4) is 0 Å². The second-order valence-electron chi connectivity index (χ2n) is 4.44. The van der Waals surface area contributed by atoms with Crippen LogP contribution in [0.3, 0.4) is 0 Å². The molecule has 5 heteroatoms. The Labute approximate surface area is 106 Å². The van der Waals surface area contributed by atoms with Crippen molar-refractivity contribution >= 4 is 23.3 Å². The normalized spacial score (nSPS) is 19.8. The molecule has 1 unspecified atom stereocenters. The fourth-order valence-electron chi connectivity index (χ4n) is 2.14. The van der Waals surface area contributed by atoms with Gasteiger partial charge in [0.1, 0.15) is 0 Å². The van der Waals surface area contributed by atoms with E-state index in [2.05, 4.69) is 5.32 Å². The molecular formula is C13H17N3O2. The highest BCUT2D eigenvalue weighted by Crippen LogP contribution is 2.23. The number of carbonyl (C=O) groups excluding carboxylic acids is 2. The van der Waals surface area contributed by atoms with E-state index in [0.29, 0.717) is 17.9 Å². The van der Waals surface area contributed by atoms with Gasteiger partial charge < -0.3 is 11.1 Å². The first-order chi connectivity index (χ1) is 8.63. The summed E-state index contributed by atoms with van der Waals surface area (Å²) < 4.78 is 0. The summed E-state index contributed by atoms with van der Waals surface area (Å²) in [5.41, 5.74) is 6.74. The molecule has 0 saturated carbocycles. The van der Waals surface area contributed by atoms with Gasteiger partial charge in [-0.1, -0.05) is 19.4 Å². The number of rotatable bonds is 3. The molecule has 1 saturated heterocycles. The largest absolute Gasteiger partial charge is 0.399 e. The van der Waals surface area contributed by atoms with Crippen LogP contribution in [0.2, 0.25) is 0 Å². The van der Waals surface area contributed by atoms with Crippen LogP contribution in [0.1, 0.15) is 19.8 Å². The molecular weight excluding hydrogens is 230 g/mol. The Morgan fingerprint density at radius 3 is 2.89 bits per heavy atom. The summed E-state index contributed by atoms with van der Waals surface area (Å²) >= 11 is 0. The van der Waals surface area contributed by atoms with Gasteiger partial charge in [-0.05, 0) is 24.6 Å². The third-order valence-corrected chi connectivity index (χ3v) is 3.04. The van der Waals surface area contributed by atoms with E-state index in [1.54, 1.807) is 24.3 Å². The summed E-state index contributed by atoms with van der Waals surface area (Å²) in [4.78, 5) is 25.3. The van der Waals surface area contributed by atoms with Gasteiger partial charge in [0, 0.05) is 12.2 Å². The van der Waals surface area contributed by atoms with Crippen LogP contribution < -0.4 is 16.0 Å². The lowest BCUT2D eigenvalue weighted by atomic mass is 10.00. The van der Waals surface area contributed by atoms with Crippen LogP contribution in [-0.2, 0) is 4.79 Å². The number of imide groups is 1. The topological polar surface area (TPSA) is 75.4 Å². The summed E-state index contributed by atoms with van der Waals surface area (Å²) in [6, 6.07) is 6.42. The van der Waals surface area contributed by atoms with E-state index >= 15 is 0 Å². The first kappa shape index (κ1) is 12.4. The van der Waals surface area contributed by atoms with E-state index in [9.17, 15) is 9.59 Å². The minimum absolute atomic E-state index is 0.144. The van der Waals surface area contributed by atoms with Crippen LogP contribution in [0, 0.1) is 5.92 Å². The minimum Gasteiger partial charge on any atom is -0.399 e. The van der Waals surface area contributed by atoms with Gasteiger partial charge in [-0.3, -0.25) is 4.79 Å². The van der Waals surface area contributed by atoms with Crippen LogP contribution in [-0.4, -0.2) is 18.5 Å². The molecule has 5 nitrogen and oxygen atoms in total. The number of nitrogens with two attached hydrogens (primary N) is 1. The van der Waals surface area contributed by atoms with Crippen LogP contribution in [0.4, 0.5) is 16.2 Å². The molecule has 3 N–H and O–H groups in total. The maximum Gasteiger partial charge on any atom is 0.328 e. The van der Waals surface area contributed by atoms with Crippen molar-refractivity contribution < 1.29 is 9.59 Å². The van der Waals surface area contributed by atoms with Gasteiger partial charge in [0.05, 0.1) is 11.6 Å². The molecule has 0 spiro atoms. The molecule has 1 aromatic rings. The Morgan fingerprint density at radius 1 is 1.44 bits per heavy atom. The lowest BCUT2D eigenvalue weighted by Crippen LogP contribution is -2.55. The zero-order valence-corrected chi connectivity index (χ0v) is 10.3. The highest BCUT2D eigenvalue weighted by atomic mass is 16.2. The van der Waals surface area contributed by atoms with Crippen molar-refractivity contribution in [2.75, 3.05) is 17.2 Å². The quantitative estimate of drug-likeness (QED) is 0.799. The van der Waals surface area contributed by atoms with E-state index in [1.165, 1.54) is 4.90 Å². The minimum atomic E-state index is -0.377. The van der Waals surface area contributed by atoms with Gasteiger partial charge >= 0.3 is 6.03 Å². The van der Waals surface area contributed by atoms with Crippen molar-refractivity contribution in [2.45, 2.75) is 19.8 Å². The summed E-state index contributed by atoms with van der Waals surface area (Å²) in [7, 11) is 0. The van der Waals surface area contributed by atoms with Crippen LogP contribution in [0.25, 0.3) is 0 Å². The fourth-order valence-corrected chi connectivity index (χ4v) is 2.14. The molecule has 0 radical (unpaired) electrons. The third kappa shape index (κ3) is 2.30. The van der Waals surface area contributed by atoms with Crippen LogP contribution in [0.15, 0.2) is 24.3 Å². The number of hydrogen-bond donors (Lipinski definition) is 2. The van der Waals surface area contributed by atoms with Crippen molar-refractivity contribution in [3.05, 3.63) is 24.3 Å². The number of anilines is 2. The maximum atomic E-state index is 12.3. The second kappa shape index (κ2) is 5.08. The first-order valence-electron chi connectivity index (χ1n) is 6.10. The Bertz CT molecular complexity index is 473. The number of urea groups is 1. The van der Waals surface area contributed by atoms with Crippen molar-refractivity contribution in [3.63, 3.8) is 0 Å². The number of hydrogen-bond acceptors (Lipinski definition) is 3. The monoisotopic (exact) mass is 247 g/mol. The smallest absolute Gasteiger partial charge is 0.328 e. The zero-order valence-electron chi connectivity index (χ0n) is 10.3. The molecule has 96 valence electrons. The molecule has 3 amide bonds. The Balaban J connectivity index is 2.29. The van der Waals surface area contributed by atoms with Crippen molar-refractivity contribution in [2.24, 2.45) is 5.92 Å². The van der Waals surface area contributed by atoms with Gasteiger partial charge in [-0.25, -0.2) is 9.69 Å². The summed E-state index contributed by atoms with van der Waals surface area (Å²) in [5, 5.41) is 2.74. The number of nitrogen functional groups attached to an aromatic ring is 1. The second-order valence-corrected chi connectivity index (χ2v) is 4.44. The lowest BCUT2D eigenvalue weighted by Gasteiger charge is -2.31. The van der Waals surface area contributed by atoms with Crippen molar-refractivity contribution in [1.29, 1.82) is 0 Å². The van der Waals surface area contributed by atoms with Gasteiger partial charge in [0.15, 0.2) is 0 Å². The molecule has 1 heterocycles. The van der Waals surface area contributed by atoms with E-state index in [0.717, 1.165) is 12.8 Å². The molecule has 2 rings (SSSR count). The Kier molecular flexibility index (Phi) is 3.50. The lowest BCUT2D eigenvalue weighted by molar-refractivity contribution is -0.122. The van der Waals surface area contributed by atoms with Crippen LogP contribution >= 0.6 is 0 Å². The highest BCUT2D eigenvalue weighted by molar-refractivity contribution is 6.16. The molecule has 1 aliphatic heterocycles. The maximum absolute atomic E-state index is 12.3. The molecule has 1 aliphatic rings. The fraction of sp³-hybridized carbons (Fsp3) is 0.385. The molecule has 0 bridgehead atoms. The van der Waals surface area contributed by atoms with Gasteiger partial charge in [-0.15, -0.1) is 0 Å². The highest BCUT2D eigenvalue weighted by Gasteiger charge is 2.34. The number of nitrogens with one attached hydrogen (secondary N) is 1. The number of amides is 3. The molecule has 0 aromatic heterocycles. The summed E-state index contributed by atoms with van der Waals surface area (Å²) in [6.45, 7) is 2.44. The molecule has 1 aromatic carbocycles. The number of carbonyl (C=O) groups is 2. The predicted molar refractivity (Wildman–Crippen MR) is 70.1 cm³/mol. The van der Waals surface area contributed by atoms with E-state index in [1.807, 2.05) is 6.92 Å². The van der Waals surface area contributed by atoms with E-state index in [4.69, 9.17) is 5.73 Å². The van der Waals surface area contributed by atoms with E-state index < -0.39 is 0 Å². The third-order valence-electron chi connectivity index (χ3n) is 3.04. The van der Waals surface area contributed by atoms with Gasteiger partial charge in [-0.2, -0.15) is 0 Å². The van der Waals surface area contributed by atoms with Crippen molar-refractivity contribution in [1.82, 2.24) is 5.32 Å². The van der Waals surface area contributed by atoms with Gasteiger partial charge in [0.2, 0.25) is 5.91 Å². The SMILES string of the molecule is CCCC1CNC(=O)N(c2cccc(N)c2)C1=O. The Hall–Kier alpha value is -2.04. The molecule has 1 fully saturated rings. The molecule has 18 heavy (non-hydrogen) atoms. The van der Waals surface area contributed by atoms with Crippen LogP contribution in [0.5, 0.6) is 0 Å². The molecule has 0 aliphatic carbocycles. The summed E-state index contributed by atoms with van der Waals surface area (Å²) in [6.07, 6.45) is 1.69. The molecule has 1 atom stereocenters. The average molecular weight is 247 g/mol. The summed E-state index contributed by atoms with van der Waals surface area (Å²) in [5.74, 6) is -0.291. The zero-order chi connectivity index (χ0) is 13.1. The standard InChI is InChI=1S/C13H17N3O2/c1-2-4-9-8-15-13(18)16(12(9)17)11-6-3-5-10(14)7-11/h3,5-7,9H,2,4,8,14H2,1H3,(H,15,18). The number of benzene rings is 1. The average Bonchev–Trinajstić information content (AvgIpc) is 2.33. The Morgan fingerprint density at radius 2 is 2.22 bits per heavy atom. The predicted octanol–water partition coefficient (Wildman–Crippen LogP) is 1.74. The van der Waals surface area contributed by atoms with E-state index in [-0.39, 0.29) is 17.9 Å². The van der Waals surface area contributed by atoms with Gasteiger partial charge in [0.25, 0.3) is 0 Å². The number of nitrogens with zero attached hydrogens (tertiary/aromatic N) is 1.